The Morgan fingerprint density at radius 2 is 1.85 bits per heavy atom. The van der Waals surface area contributed by atoms with E-state index in [0.29, 0.717) is 31.1 Å². The molecule has 2 aromatic rings. The molecule has 6 heteroatoms. The highest BCUT2D eigenvalue weighted by Gasteiger charge is 2.22. The van der Waals surface area contributed by atoms with Crippen molar-refractivity contribution in [2.24, 2.45) is 5.10 Å². The predicted octanol–water partition coefficient (Wildman–Crippen LogP) is 2.77. The van der Waals surface area contributed by atoms with Gasteiger partial charge in [-0.1, -0.05) is 36.4 Å². The molecule has 0 fully saturated rings. The molecule has 1 aliphatic heterocycles. The van der Waals surface area contributed by atoms with Crippen LogP contribution in [0.1, 0.15) is 17.5 Å². The fraction of sp³-hybridized carbons (Fsp3) is 0.333. The number of methoxy groups -OCH3 is 2. The largest absolute Gasteiger partial charge is 0.493 e. The summed E-state index contributed by atoms with van der Waals surface area (Å²) in [6.07, 6.45) is 0.787. The van der Waals surface area contributed by atoms with E-state index in [0.717, 1.165) is 23.3 Å². The number of ether oxygens (including phenoxy) is 2. The summed E-state index contributed by atoms with van der Waals surface area (Å²) in [5.74, 6) is 1.38. The minimum absolute atomic E-state index is 0.00362. The van der Waals surface area contributed by atoms with Gasteiger partial charge in [-0.2, -0.15) is 5.10 Å². The van der Waals surface area contributed by atoms with Crippen molar-refractivity contribution in [3.8, 4) is 11.5 Å². The van der Waals surface area contributed by atoms with Crippen LogP contribution >= 0.6 is 0 Å². The fourth-order valence-electron chi connectivity index (χ4n) is 3.13. The molecule has 1 amide bonds. The average molecular weight is 367 g/mol. The highest BCUT2D eigenvalue weighted by atomic mass is 16.5. The first-order valence-electron chi connectivity index (χ1n) is 8.93. The molecule has 0 spiro atoms. The zero-order chi connectivity index (χ0) is 19.2. The van der Waals surface area contributed by atoms with Crippen molar-refractivity contribution >= 4 is 11.6 Å². The van der Waals surface area contributed by atoms with Crippen molar-refractivity contribution < 1.29 is 14.3 Å². The molecule has 0 aromatic heterocycles. The molecule has 1 aliphatic rings. The Morgan fingerprint density at radius 1 is 1.11 bits per heavy atom. The molecule has 0 bridgehead atoms. The molecule has 6 nitrogen and oxygen atoms in total. The molecular formula is C21H25N3O3. The number of hydrazone groups is 1. The summed E-state index contributed by atoms with van der Waals surface area (Å²) in [6, 6.07) is 15.8. The van der Waals surface area contributed by atoms with Gasteiger partial charge in [0, 0.05) is 13.0 Å². The predicted molar refractivity (Wildman–Crippen MR) is 105 cm³/mol. The van der Waals surface area contributed by atoms with Crippen LogP contribution in [-0.4, -0.2) is 55.9 Å². The summed E-state index contributed by atoms with van der Waals surface area (Å²) >= 11 is 0. The number of carbonyl (C=O) groups is 1. The Morgan fingerprint density at radius 3 is 2.56 bits per heavy atom. The maximum Gasteiger partial charge on any atom is 0.256 e. The van der Waals surface area contributed by atoms with E-state index < -0.39 is 0 Å². The molecule has 0 saturated carbocycles. The van der Waals surface area contributed by atoms with Crippen LogP contribution in [0.25, 0.3) is 0 Å². The van der Waals surface area contributed by atoms with Gasteiger partial charge in [-0.15, -0.1) is 0 Å². The van der Waals surface area contributed by atoms with Crippen LogP contribution in [0.3, 0.4) is 0 Å². The zero-order valence-electron chi connectivity index (χ0n) is 16.0. The number of rotatable bonds is 7. The zero-order valence-corrected chi connectivity index (χ0v) is 16.0. The summed E-state index contributed by atoms with van der Waals surface area (Å²) in [4.78, 5) is 14.6. The summed E-state index contributed by atoms with van der Waals surface area (Å²) in [6.45, 7) is 1.57. The van der Waals surface area contributed by atoms with E-state index >= 15 is 0 Å². The second-order valence-corrected chi connectivity index (χ2v) is 6.54. The second-order valence-electron chi connectivity index (χ2n) is 6.54. The maximum absolute atomic E-state index is 12.6. The molecule has 0 aliphatic carbocycles. The van der Waals surface area contributed by atoms with Gasteiger partial charge in [0.15, 0.2) is 11.5 Å². The Labute approximate surface area is 160 Å². The molecule has 2 aromatic carbocycles. The first-order chi connectivity index (χ1) is 13.1. The van der Waals surface area contributed by atoms with E-state index in [1.54, 1.807) is 19.2 Å². The monoisotopic (exact) mass is 367 g/mol. The normalized spacial score (nSPS) is 13.6. The SMILES string of the molecule is COc1ccc(CN(C)CC(=O)N2CCC(c3ccccc3)=N2)cc1OC. The van der Waals surface area contributed by atoms with Crippen LogP contribution < -0.4 is 9.47 Å². The molecular weight excluding hydrogens is 342 g/mol. The average Bonchev–Trinajstić information content (AvgIpc) is 3.19. The quantitative estimate of drug-likeness (QED) is 0.755. The number of hydrogen-bond donors (Lipinski definition) is 0. The molecule has 0 unspecified atom stereocenters. The van der Waals surface area contributed by atoms with E-state index in [2.05, 4.69) is 5.10 Å². The van der Waals surface area contributed by atoms with E-state index in [1.807, 2.05) is 60.5 Å². The molecule has 142 valence electrons. The topological polar surface area (TPSA) is 54.4 Å². The van der Waals surface area contributed by atoms with Crippen molar-refractivity contribution in [1.82, 2.24) is 9.91 Å². The highest BCUT2D eigenvalue weighted by Crippen LogP contribution is 2.28. The standard InChI is InChI=1S/C21H25N3O3/c1-23(14-16-9-10-19(26-2)20(13-16)27-3)15-21(25)24-12-11-18(22-24)17-7-5-4-6-8-17/h4-10,13H,11-12,14-15H2,1-3H3. The summed E-state index contributed by atoms with van der Waals surface area (Å²) in [5.41, 5.74) is 3.09. The molecule has 0 atom stereocenters. The van der Waals surface area contributed by atoms with Crippen LogP contribution in [-0.2, 0) is 11.3 Å². The first kappa shape index (κ1) is 18.9. The Bertz CT molecular complexity index is 821. The van der Waals surface area contributed by atoms with Gasteiger partial charge < -0.3 is 9.47 Å². The minimum Gasteiger partial charge on any atom is -0.493 e. The van der Waals surface area contributed by atoms with Crippen LogP contribution in [0.5, 0.6) is 11.5 Å². The van der Waals surface area contributed by atoms with Gasteiger partial charge in [-0.05, 0) is 30.3 Å². The number of nitrogens with zero attached hydrogens (tertiary/aromatic N) is 3. The molecule has 0 saturated heterocycles. The van der Waals surface area contributed by atoms with Gasteiger partial charge in [-0.25, -0.2) is 5.01 Å². The Balaban J connectivity index is 1.59. The van der Waals surface area contributed by atoms with Crippen LogP contribution in [0.4, 0.5) is 0 Å². The summed E-state index contributed by atoms with van der Waals surface area (Å²) in [5, 5.41) is 6.08. The third-order valence-corrected chi connectivity index (χ3v) is 4.50. The highest BCUT2D eigenvalue weighted by molar-refractivity contribution is 6.02. The van der Waals surface area contributed by atoms with E-state index in [9.17, 15) is 4.79 Å². The van der Waals surface area contributed by atoms with Crippen LogP contribution in [0, 0.1) is 0 Å². The molecule has 0 radical (unpaired) electrons. The summed E-state index contributed by atoms with van der Waals surface area (Å²) < 4.78 is 10.6. The van der Waals surface area contributed by atoms with Crippen molar-refractivity contribution in [1.29, 1.82) is 0 Å². The number of hydrogen-bond acceptors (Lipinski definition) is 5. The lowest BCUT2D eigenvalue weighted by molar-refractivity contribution is -0.131. The maximum atomic E-state index is 12.6. The summed E-state index contributed by atoms with van der Waals surface area (Å²) in [7, 11) is 5.15. The lowest BCUT2D eigenvalue weighted by Gasteiger charge is -2.19. The number of likely N-dealkylation sites (N-methyl/N-ethyl adjacent to an activating group) is 1. The fourth-order valence-corrected chi connectivity index (χ4v) is 3.13. The van der Waals surface area contributed by atoms with E-state index in [1.165, 1.54) is 0 Å². The van der Waals surface area contributed by atoms with Crippen LogP contribution in [0.2, 0.25) is 0 Å². The number of carbonyl (C=O) groups excluding carboxylic acids is 1. The van der Waals surface area contributed by atoms with Gasteiger partial charge in [-0.3, -0.25) is 9.69 Å². The third-order valence-electron chi connectivity index (χ3n) is 4.50. The van der Waals surface area contributed by atoms with Crippen molar-refractivity contribution in [3.63, 3.8) is 0 Å². The van der Waals surface area contributed by atoms with Gasteiger partial charge >= 0.3 is 0 Å². The number of amides is 1. The van der Waals surface area contributed by atoms with Crippen molar-refractivity contribution in [3.05, 3.63) is 59.7 Å². The van der Waals surface area contributed by atoms with Crippen molar-refractivity contribution in [2.75, 3.05) is 34.4 Å². The smallest absolute Gasteiger partial charge is 0.256 e. The Kier molecular flexibility index (Phi) is 6.08. The van der Waals surface area contributed by atoms with Gasteiger partial charge in [0.25, 0.3) is 5.91 Å². The third kappa shape index (κ3) is 4.65. The van der Waals surface area contributed by atoms with Crippen molar-refractivity contribution in [2.45, 2.75) is 13.0 Å². The van der Waals surface area contributed by atoms with Gasteiger partial charge in [0.05, 0.1) is 33.0 Å². The molecule has 27 heavy (non-hydrogen) atoms. The second kappa shape index (κ2) is 8.68. The lowest BCUT2D eigenvalue weighted by Crippen LogP contribution is -2.34. The minimum atomic E-state index is 0.00362. The molecule has 3 rings (SSSR count). The van der Waals surface area contributed by atoms with E-state index in [4.69, 9.17) is 9.47 Å². The van der Waals surface area contributed by atoms with Gasteiger partial charge in [0.2, 0.25) is 0 Å². The molecule has 0 N–H and O–H groups in total. The first-order valence-corrected chi connectivity index (χ1v) is 8.93. The number of benzene rings is 2. The van der Waals surface area contributed by atoms with Crippen LogP contribution in [0.15, 0.2) is 53.6 Å². The Hall–Kier alpha value is -2.86. The van der Waals surface area contributed by atoms with Gasteiger partial charge in [0.1, 0.15) is 0 Å². The lowest BCUT2D eigenvalue weighted by atomic mass is 10.1. The van der Waals surface area contributed by atoms with E-state index in [-0.39, 0.29) is 5.91 Å². The molecule has 1 heterocycles.